The van der Waals surface area contributed by atoms with E-state index in [1.807, 2.05) is 50.2 Å². The number of piperazine rings is 2. The average Bonchev–Trinajstić information content (AvgIpc) is 3.72. The first-order valence-corrected chi connectivity index (χ1v) is 23.1. The van der Waals surface area contributed by atoms with Crippen LogP contribution in [0.2, 0.25) is 5.02 Å². The number of nitrogens with one attached hydrogen (secondary N) is 1. The van der Waals surface area contributed by atoms with Gasteiger partial charge in [-0.05, 0) is 65.3 Å². The summed E-state index contributed by atoms with van der Waals surface area (Å²) in [6, 6.07) is 25.2. The molecule has 0 bridgehead atoms. The number of anilines is 2. The van der Waals surface area contributed by atoms with Gasteiger partial charge in [0.2, 0.25) is 5.91 Å². The summed E-state index contributed by atoms with van der Waals surface area (Å²) >= 11 is 6.78. The molecule has 6 aromatic rings. The van der Waals surface area contributed by atoms with Crippen molar-refractivity contribution in [1.29, 1.82) is 5.26 Å². The van der Waals surface area contributed by atoms with Crippen LogP contribution in [0.5, 0.6) is 17.5 Å². The van der Waals surface area contributed by atoms with Gasteiger partial charge in [-0.1, -0.05) is 68.4 Å². The molecular weight excluding hydrogens is 870 g/mol. The van der Waals surface area contributed by atoms with E-state index in [2.05, 4.69) is 66.7 Å². The molecule has 0 aliphatic carbocycles. The molecule has 2 aromatic heterocycles. The zero-order valence-electron chi connectivity index (χ0n) is 37.7. The lowest BCUT2D eigenvalue weighted by atomic mass is 9.98. The Kier molecular flexibility index (Phi) is 13.2. The summed E-state index contributed by atoms with van der Waals surface area (Å²) in [6.45, 7) is 15.6. The Labute approximate surface area is 393 Å². The van der Waals surface area contributed by atoms with E-state index in [1.54, 1.807) is 11.0 Å². The molecule has 2 fully saturated rings. The minimum absolute atomic E-state index is 0.00515. The Bertz CT molecular complexity index is 2900. The van der Waals surface area contributed by atoms with Crippen LogP contribution < -0.4 is 20.2 Å². The van der Waals surface area contributed by atoms with Crippen molar-refractivity contribution in [3.8, 4) is 40.7 Å². The second-order valence-electron chi connectivity index (χ2n) is 17.6. The molecule has 5 heterocycles. The Morgan fingerprint density at radius 3 is 2.48 bits per heavy atom. The van der Waals surface area contributed by atoms with Crippen LogP contribution in [0.15, 0.2) is 90.2 Å². The molecule has 3 aliphatic rings. The fourth-order valence-corrected chi connectivity index (χ4v) is 9.87. The minimum Gasteiger partial charge on any atom is -0.508 e. The summed E-state index contributed by atoms with van der Waals surface area (Å²) in [5.41, 5.74) is 5.24. The summed E-state index contributed by atoms with van der Waals surface area (Å²) in [5.74, 6) is 0.687. The third kappa shape index (κ3) is 9.40. The molecule has 16 nitrogen and oxygen atoms in total. The van der Waals surface area contributed by atoms with Crippen LogP contribution in [-0.2, 0) is 24.3 Å². The SMILES string of the molecule is C=CC(=O)N1CCN(c2nc(OCCN3CCN(Cc4ccc(-n5c(-c6cc(C(C)C)c(O)cc6O)n[nH]c5=O)cc4)CC3)nc3c2CCN(c2cccc4cccc(Cl)c24)C3)C[C@@H]1CC#N. The number of amides is 1. The average molecular weight is 925 g/mol. The van der Waals surface area contributed by atoms with Crippen molar-refractivity contribution in [2.75, 3.05) is 75.3 Å². The maximum absolute atomic E-state index is 13.0. The van der Waals surface area contributed by atoms with E-state index in [0.29, 0.717) is 73.6 Å². The molecule has 67 heavy (non-hydrogen) atoms. The normalized spacial score (nSPS) is 16.9. The quantitative estimate of drug-likeness (QED) is 0.111. The first-order chi connectivity index (χ1) is 32.5. The fourth-order valence-electron chi connectivity index (χ4n) is 9.59. The zero-order chi connectivity index (χ0) is 46.8. The number of H-pyrrole nitrogens is 1. The zero-order valence-corrected chi connectivity index (χ0v) is 38.5. The first kappa shape index (κ1) is 45.2. The Balaban J connectivity index is 0.855. The molecule has 0 spiro atoms. The number of halogens is 1. The number of nitriles is 1. The molecule has 17 heteroatoms. The number of hydrogen-bond acceptors (Lipinski definition) is 13. The molecule has 2 saturated heterocycles. The highest BCUT2D eigenvalue weighted by Crippen LogP contribution is 2.39. The summed E-state index contributed by atoms with van der Waals surface area (Å²) in [4.78, 5) is 46.8. The van der Waals surface area contributed by atoms with E-state index in [0.717, 1.165) is 78.4 Å². The molecule has 0 unspecified atom stereocenters. The number of aromatic nitrogens is 5. The number of ether oxygens (including phenoxy) is 1. The number of rotatable bonds is 13. The van der Waals surface area contributed by atoms with Crippen LogP contribution in [0.25, 0.3) is 27.8 Å². The van der Waals surface area contributed by atoms with Gasteiger partial charge in [-0.25, -0.2) is 14.5 Å². The predicted octanol–water partition coefficient (Wildman–Crippen LogP) is 6.23. The molecule has 0 radical (unpaired) electrons. The third-order valence-electron chi connectivity index (χ3n) is 13.1. The maximum Gasteiger partial charge on any atom is 0.348 e. The molecule has 1 amide bonds. The molecule has 0 saturated carbocycles. The number of phenols is 2. The fraction of sp³-hybridized carbons (Fsp3) is 0.360. The van der Waals surface area contributed by atoms with Crippen molar-refractivity contribution in [3.63, 3.8) is 0 Å². The van der Waals surface area contributed by atoms with Gasteiger partial charge in [0, 0.05) is 88.2 Å². The molecule has 346 valence electrons. The van der Waals surface area contributed by atoms with E-state index < -0.39 is 5.69 Å². The van der Waals surface area contributed by atoms with Crippen LogP contribution in [0.4, 0.5) is 11.5 Å². The summed E-state index contributed by atoms with van der Waals surface area (Å²) < 4.78 is 7.82. The van der Waals surface area contributed by atoms with E-state index in [1.165, 1.54) is 16.7 Å². The number of carbonyl (C=O) groups excluding carboxylic acids is 1. The van der Waals surface area contributed by atoms with Gasteiger partial charge in [0.25, 0.3) is 0 Å². The van der Waals surface area contributed by atoms with E-state index in [-0.39, 0.29) is 41.6 Å². The lowest BCUT2D eigenvalue weighted by Crippen LogP contribution is -2.55. The van der Waals surface area contributed by atoms with Crippen LogP contribution in [-0.4, -0.2) is 127 Å². The number of benzene rings is 4. The van der Waals surface area contributed by atoms with Gasteiger partial charge in [0.05, 0.1) is 47.0 Å². The first-order valence-electron chi connectivity index (χ1n) is 22.8. The molecule has 4 aromatic carbocycles. The monoisotopic (exact) mass is 923 g/mol. The minimum atomic E-state index is -0.434. The lowest BCUT2D eigenvalue weighted by molar-refractivity contribution is -0.128. The largest absolute Gasteiger partial charge is 0.508 e. The Morgan fingerprint density at radius 1 is 0.970 bits per heavy atom. The third-order valence-corrected chi connectivity index (χ3v) is 13.5. The van der Waals surface area contributed by atoms with Gasteiger partial charge in [-0.15, -0.1) is 0 Å². The predicted molar refractivity (Wildman–Crippen MR) is 258 cm³/mol. The van der Waals surface area contributed by atoms with E-state index >= 15 is 0 Å². The molecule has 3 N–H and O–H groups in total. The molecule has 3 aliphatic heterocycles. The van der Waals surface area contributed by atoms with Crippen LogP contribution >= 0.6 is 11.6 Å². The van der Waals surface area contributed by atoms with Crippen molar-refractivity contribution in [1.82, 2.24) is 39.4 Å². The number of carbonyl (C=O) groups is 1. The summed E-state index contributed by atoms with van der Waals surface area (Å²) in [6.07, 6.45) is 2.21. The van der Waals surface area contributed by atoms with Crippen molar-refractivity contribution < 1.29 is 19.7 Å². The Hall–Kier alpha value is -6.93. The number of aromatic hydroxyl groups is 2. The molecule has 9 rings (SSSR count). The summed E-state index contributed by atoms with van der Waals surface area (Å²) in [5, 5.41) is 40.3. The van der Waals surface area contributed by atoms with Gasteiger partial charge < -0.3 is 29.6 Å². The smallest absolute Gasteiger partial charge is 0.348 e. The second-order valence-corrected chi connectivity index (χ2v) is 18.1. The highest BCUT2D eigenvalue weighted by atomic mass is 35.5. The topological polar surface area (TPSA) is 183 Å². The van der Waals surface area contributed by atoms with Crippen LogP contribution in [0.1, 0.15) is 48.6 Å². The molecular formula is C50H54ClN11O5. The lowest BCUT2D eigenvalue weighted by Gasteiger charge is -2.42. The van der Waals surface area contributed by atoms with E-state index in [4.69, 9.17) is 26.3 Å². The van der Waals surface area contributed by atoms with Crippen molar-refractivity contribution in [3.05, 3.63) is 123 Å². The van der Waals surface area contributed by atoms with E-state index in [9.17, 15) is 25.1 Å². The maximum atomic E-state index is 13.0. The van der Waals surface area contributed by atoms with Gasteiger partial charge in [0.15, 0.2) is 5.82 Å². The highest BCUT2D eigenvalue weighted by Gasteiger charge is 2.34. The standard InChI is InChI=1S/C50H54ClN11O5/c1-4-45(65)61-24-23-60(30-36(61)15-17-52)47-37-16-18-59(42-10-6-8-34-7-5-9-40(51)46(34)42)31-41(37)53-49(54-47)67-26-25-57-19-21-58(22-20-57)29-33-11-13-35(14-12-33)62-48(55-56-50(62)66)39-27-38(32(2)3)43(63)28-44(39)64/h4-14,27-28,32,36,63-64H,1,15-16,18-26,29-31H2,2-3H3,(H,56,66)/t36-/m0/s1. The number of nitrogens with zero attached hydrogens (tertiary/aromatic N) is 10. The van der Waals surface area contributed by atoms with Crippen molar-refractivity contribution in [2.45, 2.75) is 51.7 Å². The van der Waals surface area contributed by atoms with Crippen LogP contribution in [0.3, 0.4) is 0 Å². The van der Waals surface area contributed by atoms with Gasteiger partial charge in [-0.2, -0.15) is 20.3 Å². The molecule has 1 atom stereocenters. The Morgan fingerprint density at radius 2 is 1.73 bits per heavy atom. The summed E-state index contributed by atoms with van der Waals surface area (Å²) in [7, 11) is 0. The number of aromatic amines is 1. The number of fused-ring (bicyclic) bond motifs is 2. The van der Waals surface area contributed by atoms with Crippen molar-refractivity contribution >= 4 is 39.8 Å². The van der Waals surface area contributed by atoms with Crippen LogP contribution in [0, 0.1) is 11.3 Å². The van der Waals surface area contributed by atoms with Crippen molar-refractivity contribution in [2.24, 2.45) is 0 Å². The second kappa shape index (κ2) is 19.5. The highest BCUT2D eigenvalue weighted by molar-refractivity contribution is 6.36. The number of hydrogen-bond donors (Lipinski definition) is 3. The van der Waals surface area contributed by atoms with Gasteiger partial charge >= 0.3 is 11.7 Å². The number of phenolic OH excluding ortho intramolecular Hbond substituents is 2. The van der Waals surface area contributed by atoms with Gasteiger partial charge in [0.1, 0.15) is 23.9 Å². The van der Waals surface area contributed by atoms with Gasteiger partial charge in [-0.3, -0.25) is 14.6 Å².